The topological polar surface area (TPSA) is 46.6 Å². The van der Waals surface area contributed by atoms with Crippen molar-refractivity contribution < 1.29 is 13.2 Å². The van der Waals surface area contributed by atoms with Crippen LogP contribution in [0.4, 0.5) is 5.69 Å². The van der Waals surface area contributed by atoms with Crippen LogP contribution >= 0.6 is 23.2 Å². The van der Waals surface area contributed by atoms with E-state index in [4.69, 9.17) is 27.9 Å². The van der Waals surface area contributed by atoms with Gasteiger partial charge in [0.15, 0.2) is 0 Å². The maximum Gasteiger partial charge on any atom is 0.265 e. The lowest BCUT2D eigenvalue weighted by Crippen LogP contribution is -2.31. The third kappa shape index (κ3) is 3.48. The Labute approximate surface area is 153 Å². The molecule has 130 valence electrons. The fourth-order valence-corrected chi connectivity index (χ4v) is 4.85. The van der Waals surface area contributed by atoms with E-state index in [0.717, 1.165) is 11.1 Å². The van der Waals surface area contributed by atoms with Crippen LogP contribution in [0.5, 0.6) is 5.75 Å². The Morgan fingerprint density at radius 1 is 1.04 bits per heavy atom. The van der Waals surface area contributed by atoms with E-state index < -0.39 is 10.0 Å². The number of sulfonamides is 1. The second kappa shape index (κ2) is 7.21. The largest absolute Gasteiger partial charge is 0.495 e. The number of methoxy groups -OCH3 is 1. The Balaban J connectivity index is 2.61. The Morgan fingerprint density at radius 2 is 1.62 bits per heavy atom. The fraction of sp³-hybridized carbons (Fsp3) is 0.294. The molecule has 2 aromatic rings. The van der Waals surface area contributed by atoms with Crippen molar-refractivity contribution in [2.75, 3.05) is 18.0 Å². The van der Waals surface area contributed by atoms with E-state index in [2.05, 4.69) is 0 Å². The molecular weight excluding hydrogens is 369 g/mol. The van der Waals surface area contributed by atoms with Gasteiger partial charge in [0.05, 0.1) is 17.8 Å². The lowest BCUT2D eigenvalue weighted by molar-refractivity contribution is 0.414. The molecule has 24 heavy (non-hydrogen) atoms. The molecule has 0 saturated carbocycles. The molecule has 0 aliphatic carbocycles. The Hall–Kier alpha value is -1.43. The SMILES string of the molecule is CCN(c1cc(C)cc(C)c1)S(=O)(=O)c1ccc(OC)c(Cl)c1Cl. The average molecular weight is 388 g/mol. The summed E-state index contributed by atoms with van der Waals surface area (Å²) in [5.74, 6) is 0.329. The van der Waals surface area contributed by atoms with Gasteiger partial charge in [0.1, 0.15) is 15.7 Å². The number of halogens is 2. The summed E-state index contributed by atoms with van der Waals surface area (Å²) in [6, 6.07) is 8.55. The molecule has 2 aromatic carbocycles. The number of hydrogen-bond acceptors (Lipinski definition) is 3. The van der Waals surface area contributed by atoms with Crippen LogP contribution < -0.4 is 9.04 Å². The average Bonchev–Trinajstić information content (AvgIpc) is 2.49. The standard InChI is InChI=1S/C17H19Cl2NO3S/c1-5-20(13-9-11(2)8-12(3)10-13)24(21,22)15-7-6-14(23-4)16(18)17(15)19/h6-10H,5H2,1-4H3. The molecule has 0 unspecified atom stereocenters. The van der Waals surface area contributed by atoms with Crippen LogP contribution in [0.2, 0.25) is 10.0 Å². The molecule has 2 rings (SSSR count). The molecule has 0 amide bonds. The molecule has 0 bridgehead atoms. The second-order valence-corrected chi connectivity index (χ2v) is 8.00. The Kier molecular flexibility index (Phi) is 5.68. The third-order valence-electron chi connectivity index (χ3n) is 3.58. The summed E-state index contributed by atoms with van der Waals surface area (Å²) in [5.41, 5.74) is 2.56. The van der Waals surface area contributed by atoms with Crippen molar-refractivity contribution in [1.29, 1.82) is 0 Å². The van der Waals surface area contributed by atoms with Crippen molar-refractivity contribution in [3.8, 4) is 5.75 Å². The number of ether oxygens (including phenoxy) is 1. The van der Waals surface area contributed by atoms with Gasteiger partial charge in [-0.05, 0) is 56.2 Å². The van der Waals surface area contributed by atoms with E-state index in [9.17, 15) is 8.42 Å². The fourth-order valence-electron chi connectivity index (χ4n) is 2.58. The molecule has 0 fully saturated rings. The Morgan fingerprint density at radius 3 is 2.12 bits per heavy atom. The highest BCUT2D eigenvalue weighted by Gasteiger charge is 2.28. The van der Waals surface area contributed by atoms with Gasteiger partial charge in [-0.2, -0.15) is 0 Å². The number of hydrogen-bond donors (Lipinski definition) is 0. The van der Waals surface area contributed by atoms with Crippen molar-refractivity contribution in [2.24, 2.45) is 0 Å². The molecule has 4 nitrogen and oxygen atoms in total. The summed E-state index contributed by atoms with van der Waals surface area (Å²) < 4.78 is 32.6. The van der Waals surface area contributed by atoms with E-state index in [0.29, 0.717) is 11.4 Å². The monoisotopic (exact) mass is 387 g/mol. The number of benzene rings is 2. The lowest BCUT2D eigenvalue weighted by atomic mass is 10.1. The number of aryl methyl sites for hydroxylation is 2. The molecule has 0 saturated heterocycles. The highest BCUT2D eigenvalue weighted by atomic mass is 35.5. The normalized spacial score (nSPS) is 11.4. The highest BCUT2D eigenvalue weighted by molar-refractivity contribution is 7.93. The van der Waals surface area contributed by atoms with Crippen molar-refractivity contribution >= 4 is 38.9 Å². The summed E-state index contributed by atoms with van der Waals surface area (Å²) in [7, 11) is -2.41. The number of nitrogens with zero attached hydrogens (tertiary/aromatic N) is 1. The van der Waals surface area contributed by atoms with Gasteiger partial charge in [-0.1, -0.05) is 29.3 Å². The highest BCUT2D eigenvalue weighted by Crippen LogP contribution is 2.38. The molecule has 0 aromatic heterocycles. The summed E-state index contributed by atoms with van der Waals surface area (Å²) in [6.45, 7) is 5.89. The van der Waals surface area contributed by atoms with Crippen molar-refractivity contribution in [3.05, 3.63) is 51.5 Å². The predicted molar refractivity (Wildman–Crippen MR) is 99.1 cm³/mol. The Bertz CT molecular complexity index is 846. The molecule has 0 aliphatic rings. The van der Waals surface area contributed by atoms with Gasteiger partial charge in [-0.15, -0.1) is 0 Å². The van der Waals surface area contributed by atoms with Gasteiger partial charge >= 0.3 is 0 Å². The molecule has 0 aliphatic heterocycles. The number of anilines is 1. The molecule has 7 heteroatoms. The second-order valence-electron chi connectivity index (χ2n) is 5.41. The first kappa shape index (κ1) is 18.9. The van der Waals surface area contributed by atoms with Crippen LogP contribution in [0.3, 0.4) is 0 Å². The van der Waals surface area contributed by atoms with Gasteiger partial charge in [0.25, 0.3) is 10.0 Å². The van der Waals surface area contributed by atoms with Crippen LogP contribution in [0.25, 0.3) is 0 Å². The van der Waals surface area contributed by atoms with E-state index in [1.165, 1.54) is 23.5 Å². The first-order valence-electron chi connectivity index (χ1n) is 7.35. The number of rotatable bonds is 5. The summed E-state index contributed by atoms with van der Waals surface area (Å²) >= 11 is 12.3. The molecular formula is C17H19Cl2NO3S. The van der Waals surface area contributed by atoms with E-state index >= 15 is 0 Å². The molecule has 0 heterocycles. The maximum atomic E-state index is 13.1. The van der Waals surface area contributed by atoms with Crippen LogP contribution in [-0.2, 0) is 10.0 Å². The smallest absolute Gasteiger partial charge is 0.265 e. The van der Waals surface area contributed by atoms with Gasteiger partial charge < -0.3 is 4.74 Å². The summed E-state index contributed by atoms with van der Waals surface area (Å²) in [4.78, 5) is -0.0454. The van der Waals surface area contributed by atoms with Gasteiger partial charge in [-0.3, -0.25) is 4.31 Å². The molecule has 0 spiro atoms. The first-order chi connectivity index (χ1) is 11.2. The summed E-state index contributed by atoms with van der Waals surface area (Å²) in [5, 5.41) is 0.0376. The van der Waals surface area contributed by atoms with Crippen LogP contribution in [0.1, 0.15) is 18.1 Å². The quantitative estimate of drug-likeness (QED) is 0.737. The predicted octanol–water partition coefficient (Wildman–Crippen LogP) is 4.83. The van der Waals surface area contributed by atoms with E-state index in [-0.39, 0.29) is 21.5 Å². The van der Waals surface area contributed by atoms with Gasteiger partial charge in [0, 0.05) is 6.54 Å². The van der Waals surface area contributed by atoms with Crippen LogP contribution in [0.15, 0.2) is 35.2 Å². The van der Waals surface area contributed by atoms with Crippen LogP contribution in [-0.4, -0.2) is 22.1 Å². The zero-order valence-electron chi connectivity index (χ0n) is 13.9. The van der Waals surface area contributed by atoms with Crippen molar-refractivity contribution in [1.82, 2.24) is 0 Å². The minimum absolute atomic E-state index is 0.0427. The van der Waals surface area contributed by atoms with Gasteiger partial charge in [0.2, 0.25) is 0 Å². The zero-order valence-corrected chi connectivity index (χ0v) is 16.3. The maximum absolute atomic E-state index is 13.1. The zero-order chi connectivity index (χ0) is 18.1. The summed E-state index contributed by atoms with van der Waals surface area (Å²) in [6.07, 6.45) is 0. The molecule has 0 N–H and O–H groups in total. The van der Waals surface area contributed by atoms with E-state index in [1.54, 1.807) is 6.92 Å². The third-order valence-corrected chi connectivity index (χ3v) is 6.50. The minimum Gasteiger partial charge on any atom is -0.495 e. The molecule has 0 radical (unpaired) electrons. The van der Waals surface area contributed by atoms with Gasteiger partial charge in [-0.25, -0.2) is 8.42 Å². The first-order valence-corrected chi connectivity index (χ1v) is 9.55. The van der Waals surface area contributed by atoms with Crippen molar-refractivity contribution in [2.45, 2.75) is 25.7 Å². The van der Waals surface area contributed by atoms with Crippen molar-refractivity contribution in [3.63, 3.8) is 0 Å². The van der Waals surface area contributed by atoms with E-state index in [1.807, 2.05) is 32.0 Å². The lowest BCUT2D eigenvalue weighted by Gasteiger charge is -2.24. The van der Waals surface area contributed by atoms with Crippen LogP contribution in [0, 0.1) is 13.8 Å². The molecule has 0 atom stereocenters. The minimum atomic E-state index is -3.85.